The summed E-state index contributed by atoms with van der Waals surface area (Å²) in [5, 5.41) is 12.7. The molecule has 1 aliphatic carbocycles. The number of anilines is 3. The Kier molecular flexibility index (Phi) is 5.77. The van der Waals surface area contributed by atoms with Gasteiger partial charge in [0.15, 0.2) is 0 Å². The predicted octanol–water partition coefficient (Wildman–Crippen LogP) is 4.06. The van der Waals surface area contributed by atoms with Gasteiger partial charge >= 0.3 is 0 Å². The van der Waals surface area contributed by atoms with Crippen LogP contribution in [-0.4, -0.2) is 58.3 Å². The van der Waals surface area contributed by atoms with Crippen molar-refractivity contribution in [2.45, 2.75) is 25.9 Å². The molecule has 9 heteroatoms. The summed E-state index contributed by atoms with van der Waals surface area (Å²) in [6.07, 6.45) is 11.8. The minimum atomic E-state index is 0.0393. The highest BCUT2D eigenvalue weighted by Gasteiger charge is 2.29. The third-order valence-corrected chi connectivity index (χ3v) is 6.74. The lowest BCUT2D eigenvalue weighted by molar-refractivity contribution is -0.117. The number of aromatic nitrogens is 4. The van der Waals surface area contributed by atoms with Crippen LogP contribution in [0.4, 0.5) is 17.3 Å². The Hall–Kier alpha value is -3.98. The topological polar surface area (TPSA) is 96.7 Å². The molecule has 0 bridgehead atoms. The Morgan fingerprint density at radius 3 is 2.83 bits per heavy atom. The first kappa shape index (κ1) is 22.5. The number of nitrogens with zero attached hydrogens (tertiary/aromatic N) is 5. The minimum absolute atomic E-state index is 0.0393. The van der Waals surface area contributed by atoms with E-state index in [1.54, 1.807) is 6.20 Å². The van der Waals surface area contributed by atoms with Crippen LogP contribution in [0.5, 0.6) is 0 Å². The first-order valence-corrected chi connectivity index (χ1v) is 12.4. The molecule has 1 saturated heterocycles. The number of nitrogens with one attached hydrogen (secondary N) is 2. The molecule has 0 aromatic carbocycles. The van der Waals surface area contributed by atoms with Crippen LogP contribution >= 0.6 is 0 Å². The number of rotatable bonds is 6. The number of hydrogen-bond donors (Lipinski definition) is 2. The maximum Gasteiger partial charge on any atom is 0.228 e. The van der Waals surface area contributed by atoms with Crippen molar-refractivity contribution in [3.05, 3.63) is 54.1 Å². The standard InChI is InChI=1S/C27H29N7O2/c1-17-15-33(9-10-36-17)22-8-7-21-11-20(32-34(21)16-22)6-5-19-13-30-26(28-2)24-14-29-25(12-23(19)24)31-27(35)18-3-4-18/h5-8,11-14,16-18H,3-4,9-10,15H2,1-2H3,(H,28,30)(H,29,31,35)/b6-5+/t17-/m0/s1. The highest BCUT2D eigenvalue weighted by Crippen LogP contribution is 2.31. The molecule has 1 aliphatic heterocycles. The maximum atomic E-state index is 12.2. The molecule has 9 nitrogen and oxygen atoms in total. The first-order valence-electron chi connectivity index (χ1n) is 12.4. The van der Waals surface area contributed by atoms with Crippen molar-refractivity contribution < 1.29 is 9.53 Å². The summed E-state index contributed by atoms with van der Waals surface area (Å²) in [6.45, 7) is 4.59. The van der Waals surface area contributed by atoms with Gasteiger partial charge in [-0.25, -0.2) is 14.5 Å². The van der Waals surface area contributed by atoms with Gasteiger partial charge in [-0.1, -0.05) is 6.08 Å². The van der Waals surface area contributed by atoms with Crippen LogP contribution in [0.15, 0.2) is 42.9 Å². The smallest absolute Gasteiger partial charge is 0.228 e. The van der Waals surface area contributed by atoms with Crippen LogP contribution in [0.25, 0.3) is 28.4 Å². The van der Waals surface area contributed by atoms with Gasteiger partial charge in [-0.3, -0.25) is 4.79 Å². The van der Waals surface area contributed by atoms with Crippen LogP contribution < -0.4 is 15.5 Å². The van der Waals surface area contributed by atoms with E-state index >= 15 is 0 Å². The third-order valence-electron chi connectivity index (χ3n) is 6.74. The molecular weight excluding hydrogens is 454 g/mol. The van der Waals surface area contributed by atoms with E-state index in [-0.39, 0.29) is 17.9 Å². The van der Waals surface area contributed by atoms with Crippen molar-refractivity contribution in [2.75, 3.05) is 42.3 Å². The number of amides is 1. The van der Waals surface area contributed by atoms with E-state index in [1.165, 1.54) is 0 Å². The van der Waals surface area contributed by atoms with Gasteiger partial charge < -0.3 is 20.3 Å². The first-order chi connectivity index (χ1) is 17.6. The van der Waals surface area contributed by atoms with Crippen molar-refractivity contribution in [1.82, 2.24) is 19.6 Å². The second-order valence-electron chi connectivity index (χ2n) is 9.48. The van der Waals surface area contributed by atoms with Crippen molar-refractivity contribution in [3.63, 3.8) is 0 Å². The average molecular weight is 484 g/mol. The van der Waals surface area contributed by atoms with E-state index in [0.717, 1.165) is 71.6 Å². The van der Waals surface area contributed by atoms with Crippen molar-refractivity contribution in [1.29, 1.82) is 0 Å². The zero-order valence-corrected chi connectivity index (χ0v) is 20.4. The molecule has 2 aliphatic rings. The average Bonchev–Trinajstić information content (AvgIpc) is 3.66. The van der Waals surface area contributed by atoms with Crippen LogP contribution in [-0.2, 0) is 9.53 Å². The maximum absolute atomic E-state index is 12.2. The van der Waals surface area contributed by atoms with Gasteiger partial charge in [0.2, 0.25) is 5.91 Å². The molecule has 2 fully saturated rings. The zero-order chi connectivity index (χ0) is 24.6. The second-order valence-corrected chi connectivity index (χ2v) is 9.48. The predicted molar refractivity (Wildman–Crippen MR) is 142 cm³/mol. The SMILES string of the molecule is CNc1ncc(/C=C/c2cc3ccc(N4CCO[C@@H](C)C4)cn3n2)c2cc(NC(=O)C3CC3)ncc12. The fraction of sp³-hybridized carbons (Fsp3) is 0.333. The Bertz CT molecular complexity index is 1470. The summed E-state index contributed by atoms with van der Waals surface area (Å²) in [4.78, 5) is 23.6. The summed E-state index contributed by atoms with van der Waals surface area (Å²) in [5.41, 5.74) is 3.95. The van der Waals surface area contributed by atoms with Crippen LogP contribution in [0, 0.1) is 5.92 Å². The van der Waals surface area contributed by atoms with Crippen LogP contribution in [0.1, 0.15) is 31.0 Å². The zero-order valence-electron chi connectivity index (χ0n) is 20.4. The minimum Gasteiger partial charge on any atom is -0.375 e. The molecule has 4 aromatic rings. The number of fused-ring (bicyclic) bond motifs is 2. The molecule has 0 spiro atoms. The molecule has 4 aromatic heterocycles. The quantitative estimate of drug-likeness (QED) is 0.427. The highest BCUT2D eigenvalue weighted by atomic mass is 16.5. The second kappa shape index (κ2) is 9.23. The molecule has 36 heavy (non-hydrogen) atoms. The fourth-order valence-corrected chi connectivity index (χ4v) is 4.62. The summed E-state index contributed by atoms with van der Waals surface area (Å²) in [5.74, 6) is 1.46. The number of hydrogen-bond acceptors (Lipinski definition) is 7. The van der Waals surface area contributed by atoms with Crippen LogP contribution in [0.3, 0.4) is 0 Å². The van der Waals surface area contributed by atoms with E-state index < -0.39 is 0 Å². The fourth-order valence-electron chi connectivity index (χ4n) is 4.62. The molecule has 1 saturated carbocycles. The lowest BCUT2D eigenvalue weighted by atomic mass is 10.1. The molecule has 0 radical (unpaired) electrons. The summed E-state index contributed by atoms with van der Waals surface area (Å²) >= 11 is 0. The Labute approximate surface area is 209 Å². The lowest BCUT2D eigenvalue weighted by Gasteiger charge is -2.32. The molecule has 184 valence electrons. The summed E-state index contributed by atoms with van der Waals surface area (Å²) in [6, 6.07) is 8.21. The van der Waals surface area contributed by atoms with E-state index in [2.05, 4.69) is 56.8 Å². The molecule has 5 heterocycles. The summed E-state index contributed by atoms with van der Waals surface area (Å²) < 4.78 is 7.59. The number of carbonyl (C=O) groups excluding carboxylic acids is 1. The third kappa shape index (κ3) is 4.49. The molecule has 1 atom stereocenters. The van der Waals surface area contributed by atoms with Gasteiger partial charge in [0.1, 0.15) is 11.6 Å². The van der Waals surface area contributed by atoms with Gasteiger partial charge in [-0.05, 0) is 55.5 Å². The van der Waals surface area contributed by atoms with Gasteiger partial charge in [0, 0.05) is 49.4 Å². The van der Waals surface area contributed by atoms with E-state index in [0.29, 0.717) is 5.82 Å². The highest BCUT2D eigenvalue weighted by molar-refractivity contribution is 6.01. The summed E-state index contributed by atoms with van der Waals surface area (Å²) in [7, 11) is 1.84. The van der Waals surface area contributed by atoms with Crippen molar-refractivity contribution >= 4 is 51.7 Å². The van der Waals surface area contributed by atoms with E-state index in [9.17, 15) is 4.79 Å². The molecule has 6 rings (SSSR count). The van der Waals surface area contributed by atoms with Gasteiger partial charge in [-0.15, -0.1) is 0 Å². The Morgan fingerprint density at radius 2 is 2.03 bits per heavy atom. The number of carbonyl (C=O) groups is 1. The number of pyridine rings is 3. The number of morpholine rings is 1. The van der Waals surface area contributed by atoms with Crippen LogP contribution in [0.2, 0.25) is 0 Å². The van der Waals surface area contributed by atoms with Gasteiger partial charge in [0.25, 0.3) is 0 Å². The Balaban J connectivity index is 1.29. The Morgan fingerprint density at radius 1 is 1.14 bits per heavy atom. The molecule has 2 N–H and O–H groups in total. The monoisotopic (exact) mass is 483 g/mol. The van der Waals surface area contributed by atoms with E-state index in [4.69, 9.17) is 9.84 Å². The van der Waals surface area contributed by atoms with Gasteiger partial charge in [-0.2, -0.15) is 5.10 Å². The lowest BCUT2D eigenvalue weighted by Crippen LogP contribution is -2.41. The molecule has 1 amide bonds. The molecular formula is C27H29N7O2. The molecule has 0 unspecified atom stereocenters. The largest absolute Gasteiger partial charge is 0.375 e. The van der Waals surface area contributed by atoms with E-state index in [1.807, 2.05) is 36.0 Å². The van der Waals surface area contributed by atoms with Crippen molar-refractivity contribution in [3.8, 4) is 0 Å². The van der Waals surface area contributed by atoms with Gasteiger partial charge in [0.05, 0.1) is 35.8 Å². The normalized spacial score (nSPS) is 18.3. The van der Waals surface area contributed by atoms with Crippen molar-refractivity contribution in [2.24, 2.45) is 5.92 Å². The number of ether oxygens (including phenoxy) is 1.